The highest BCUT2D eigenvalue weighted by Crippen LogP contribution is 2.36. The first-order valence-corrected chi connectivity index (χ1v) is 5.33. The van der Waals surface area contributed by atoms with E-state index in [1.165, 1.54) is 19.2 Å². The number of rotatable bonds is 4. The van der Waals surface area contributed by atoms with Gasteiger partial charge in [-0.15, -0.1) is 0 Å². The Balaban J connectivity index is 3.17. The van der Waals surface area contributed by atoms with Crippen molar-refractivity contribution in [1.82, 2.24) is 0 Å². The highest BCUT2D eigenvalue weighted by molar-refractivity contribution is 9.10. The van der Waals surface area contributed by atoms with Gasteiger partial charge in [0.25, 0.3) is 0 Å². The Morgan fingerprint density at radius 2 is 2.00 bits per heavy atom. The van der Waals surface area contributed by atoms with Gasteiger partial charge in [0.2, 0.25) is 0 Å². The van der Waals surface area contributed by atoms with Crippen molar-refractivity contribution >= 4 is 21.9 Å². The fourth-order valence-corrected chi connectivity index (χ4v) is 1.82. The summed E-state index contributed by atoms with van der Waals surface area (Å²) in [6, 6.07) is 2.49. The van der Waals surface area contributed by atoms with Gasteiger partial charge in [-0.3, -0.25) is 0 Å². The number of aliphatic hydroxyl groups excluding tert-OH is 2. The van der Waals surface area contributed by atoms with Gasteiger partial charge in [0.05, 0.1) is 7.11 Å². The molecule has 0 aliphatic carbocycles. The summed E-state index contributed by atoms with van der Waals surface area (Å²) in [5.41, 5.74) is 0.106. The van der Waals surface area contributed by atoms with Crippen LogP contribution in [0.25, 0.3) is 0 Å². The molecule has 0 bridgehead atoms. The van der Waals surface area contributed by atoms with Gasteiger partial charge >= 0.3 is 5.97 Å². The lowest BCUT2D eigenvalue weighted by atomic mass is 10.0. The molecule has 2 unspecified atom stereocenters. The monoisotopic (exact) mass is 306 g/mol. The Labute approximate surface area is 105 Å². The van der Waals surface area contributed by atoms with Crippen LogP contribution >= 0.6 is 15.9 Å². The number of methoxy groups -OCH3 is 1. The van der Waals surface area contributed by atoms with Gasteiger partial charge in [0.15, 0.2) is 17.6 Å². The van der Waals surface area contributed by atoms with Crippen LogP contribution in [0.1, 0.15) is 11.7 Å². The molecular formula is C10H11BrO6. The number of hydrogen-bond donors (Lipinski definition) is 4. The van der Waals surface area contributed by atoms with Crippen molar-refractivity contribution in [2.24, 2.45) is 0 Å². The first kappa shape index (κ1) is 13.8. The molecular weight excluding hydrogens is 296 g/mol. The third kappa shape index (κ3) is 2.87. The average molecular weight is 307 g/mol. The lowest BCUT2D eigenvalue weighted by Crippen LogP contribution is -2.27. The summed E-state index contributed by atoms with van der Waals surface area (Å²) in [7, 11) is 1.31. The molecule has 0 saturated heterocycles. The maximum atomic E-state index is 10.5. The molecule has 1 rings (SSSR count). The largest absolute Gasteiger partial charge is 0.504 e. The van der Waals surface area contributed by atoms with Gasteiger partial charge < -0.3 is 25.2 Å². The molecule has 0 aliphatic heterocycles. The molecule has 0 radical (unpaired) electrons. The Morgan fingerprint density at radius 3 is 2.47 bits per heavy atom. The molecule has 0 spiro atoms. The van der Waals surface area contributed by atoms with Crippen molar-refractivity contribution in [2.45, 2.75) is 12.2 Å². The van der Waals surface area contributed by atoms with Gasteiger partial charge in [0, 0.05) is 10.0 Å². The van der Waals surface area contributed by atoms with Crippen molar-refractivity contribution in [3.8, 4) is 11.5 Å². The third-order valence-corrected chi connectivity index (χ3v) is 2.86. The van der Waals surface area contributed by atoms with Crippen LogP contribution in [0.2, 0.25) is 0 Å². The van der Waals surface area contributed by atoms with E-state index < -0.39 is 18.2 Å². The van der Waals surface area contributed by atoms with E-state index in [9.17, 15) is 20.1 Å². The van der Waals surface area contributed by atoms with Crippen LogP contribution in [0.3, 0.4) is 0 Å². The lowest BCUT2D eigenvalue weighted by molar-refractivity contribution is -0.153. The highest BCUT2D eigenvalue weighted by Gasteiger charge is 2.27. The SMILES string of the molecule is COc1cc(C(O)C(O)C(=O)O)c(Br)cc1O. The minimum absolute atomic E-state index is 0.0693. The number of benzene rings is 1. The number of halogens is 1. The summed E-state index contributed by atoms with van der Waals surface area (Å²) in [5, 5.41) is 36.9. The van der Waals surface area contributed by atoms with Gasteiger partial charge in [-0.2, -0.15) is 0 Å². The van der Waals surface area contributed by atoms with Crippen molar-refractivity contribution in [1.29, 1.82) is 0 Å². The van der Waals surface area contributed by atoms with E-state index in [0.29, 0.717) is 0 Å². The molecule has 7 heteroatoms. The van der Waals surface area contributed by atoms with Gasteiger partial charge in [-0.25, -0.2) is 4.79 Å². The Hall–Kier alpha value is -1.31. The molecule has 0 saturated carbocycles. The Kier molecular flexibility index (Phi) is 4.33. The number of carbonyl (C=O) groups is 1. The molecule has 0 aromatic heterocycles. The van der Waals surface area contributed by atoms with Crippen molar-refractivity contribution < 1.29 is 30.0 Å². The fourth-order valence-electron chi connectivity index (χ4n) is 1.25. The molecule has 0 heterocycles. The maximum Gasteiger partial charge on any atom is 0.335 e. The molecule has 0 fully saturated rings. The van der Waals surface area contributed by atoms with Crippen LogP contribution in [0.5, 0.6) is 11.5 Å². The molecule has 0 amide bonds. The van der Waals surface area contributed by atoms with Crippen molar-refractivity contribution in [2.75, 3.05) is 7.11 Å². The number of phenolic OH excluding ortho intramolecular Hbond substituents is 1. The quantitative estimate of drug-likeness (QED) is 0.650. The summed E-state index contributed by atoms with van der Waals surface area (Å²) < 4.78 is 5.09. The molecule has 17 heavy (non-hydrogen) atoms. The first-order chi connectivity index (χ1) is 7.88. The van der Waals surface area contributed by atoms with Crippen LogP contribution < -0.4 is 4.74 Å². The first-order valence-electron chi connectivity index (χ1n) is 4.53. The number of aliphatic hydroxyl groups is 2. The summed E-state index contributed by atoms with van der Waals surface area (Å²) in [5.74, 6) is -1.64. The maximum absolute atomic E-state index is 10.5. The minimum atomic E-state index is -1.96. The van der Waals surface area contributed by atoms with E-state index in [2.05, 4.69) is 15.9 Å². The van der Waals surface area contributed by atoms with Crippen LogP contribution in [0, 0.1) is 0 Å². The molecule has 4 N–H and O–H groups in total. The summed E-state index contributed by atoms with van der Waals surface area (Å²) in [6.45, 7) is 0. The van der Waals surface area contributed by atoms with Gasteiger partial charge in [0.1, 0.15) is 6.10 Å². The second-order valence-corrected chi connectivity index (χ2v) is 4.13. The smallest absolute Gasteiger partial charge is 0.335 e. The third-order valence-electron chi connectivity index (χ3n) is 2.17. The van der Waals surface area contributed by atoms with Crippen LogP contribution in [-0.2, 0) is 4.79 Å². The molecule has 2 atom stereocenters. The van der Waals surface area contributed by atoms with E-state index in [-0.39, 0.29) is 21.5 Å². The molecule has 94 valence electrons. The summed E-state index contributed by atoms with van der Waals surface area (Å²) in [4.78, 5) is 10.5. The Bertz CT molecular complexity index is 433. The van der Waals surface area contributed by atoms with Gasteiger partial charge in [-0.1, -0.05) is 15.9 Å². The van der Waals surface area contributed by atoms with Crippen LogP contribution in [0.4, 0.5) is 0 Å². The van der Waals surface area contributed by atoms with E-state index in [1.54, 1.807) is 0 Å². The Morgan fingerprint density at radius 1 is 1.41 bits per heavy atom. The number of carboxylic acid groups (broad SMARTS) is 1. The lowest BCUT2D eigenvalue weighted by Gasteiger charge is -2.17. The van der Waals surface area contributed by atoms with E-state index >= 15 is 0 Å². The number of ether oxygens (including phenoxy) is 1. The summed E-state index contributed by atoms with van der Waals surface area (Å²) >= 11 is 3.05. The second kappa shape index (κ2) is 5.35. The minimum Gasteiger partial charge on any atom is -0.504 e. The predicted molar refractivity (Wildman–Crippen MR) is 61.0 cm³/mol. The van der Waals surface area contributed by atoms with E-state index in [4.69, 9.17) is 9.84 Å². The molecule has 1 aromatic carbocycles. The van der Waals surface area contributed by atoms with E-state index in [0.717, 1.165) is 0 Å². The number of carboxylic acids is 1. The normalized spacial score (nSPS) is 14.1. The van der Waals surface area contributed by atoms with Crippen molar-refractivity contribution in [3.63, 3.8) is 0 Å². The standard InChI is InChI=1S/C10H11BrO6/c1-17-7-2-4(5(11)3-6(7)12)8(13)9(14)10(15)16/h2-3,8-9,12-14H,1H3,(H,15,16). The fraction of sp³-hybridized carbons (Fsp3) is 0.300. The topological polar surface area (TPSA) is 107 Å². The predicted octanol–water partition coefficient (Wildman–Crippen LogP) is 0.642. The zero-order chi connectivity index (χ0) is 13.2. The van der Waals surface area contributed by atoms with E-state index in [1.807, 2.05) is 0 Å². The van der Waals surface area contributed by atoms with Crippen LogP contribution in [-0.4, -0.2) is 39.6 Å². The highest BCUT2D eigenvalue weighted by atomic mass is 79.9. The second-order valence-electron chi connectivity index (χ2n) is 3.27. The summed E-state index contributed by atoms with van der Waals surface area (Å²) in [6.07, 6.45) is -3.59. The van der Waals surface area contributed by atoms with Gasteiger partial charge in [-0.05, 0) is 12.1 Å². The molecule has 0 aliphatic rings. The van der Waals surface area contributed by atoms with Crippen molar-refractivity contribution in [3.05, 3.63) is 22.2 Å². The zero-order valence-electron chi connectivity index (χ0n) is 8.79. The number of aromatic hydroxyl groups is 1. The molecule has 1 aromatic rings. The number of hydrogen-bond acceptors (Lipinski definition) is 5. The molecule has 6 nitrogen and oxygen atoms in total. The van der Waals surface area contributed by atoms with Crippen LogP contribution in [0.15, 0.2) is 16.6 Å². The number of aliphatic carboxylic acids is 1. The number of phenols is 1. The zero-order valence-corrected chi connectivity index (χ0v) is 10.4. The average Bonchev–Trinajstić information content (AvgIpc) is 2.27.